The Labute approximate surface area is 122 Å². The number of nitrogens with zero attached hydrogens (tertiary/aromatic N) is 3. The average molecular weight is 297 g/mol. The van der Waals surface area contributed by atoms with Gasteiger partial charge in [0.2, 0.25) is 5.28 Å². The van der Waals surface area contributed by atoms with E-state index in [1.807, 2.05) is 4.90 Å². The first-order chi connectivity index (χ1) is 9.61. The molecule has 2 heterocycles. The van der Waals surface area contributed by atoms with Crippen molar-refractivity contribution in [3.63, 3.8) is 0 Å². The van der Waals surface area contributed by atoms with Crippen molar-refractivity contribution < 1.29 is 9.90 Å². The van der Waals surface area contributed by atoms with Gasteiger partial charge in [-0.25, -0.2) is 9.97 Å². The van der Waals surface area contributed by atoms with Crippen molar-refractivity contribution in [2.24, 2.45) is 5.92 Å². The van der Waals surface area contributed by atoms with Crippen molar-refractivity contribution >= 4 is 23.3 Å². The van der Waals surface area contributed by atoms with Gasteiger partial charge in [-0.3, -0.25) is 4.79 Å². The highest BCUT2D eigenvalue weighted by molar-refractivity contribution is 6.28. The van der Waals surface area contributed by atoms with E-state index in [0.29, 0.717) is 37.8 Å². The molecule has 7 heteroatoms. The van der Waals surface area contributed by atoms with Gasteiger partial charge in [0.25, 0.3) is 5.91 Å². The summed E-state index contributed by atoms with van der Waals surface area (Å²) in [6, 6.07) is 1.63. The summed E-state index contributed by atoms with van der Waals surface area (Å²) in [7, 11) is 0. The topological polar surface area (TPSA) is 78.4 Å². The van der Waals surface area contributed by atoms with Crippen LogP contribution >= 0.6 is 11.6 Å². The van der Waals surface area contributed by atoms with Gasteiger partial charge in [0, 0.05) is 25.7 Å². The fourth-order valence-corrected chi connectivity index (χ4v) is 2.46. The number of halogens is 1. The number of hydrogen-bond donors (Lipinski definition) is 2. The van der Waals surface area contributed by atoms with E-state index in [0.717, 1.165) is 0 Å². The molecular formula is C13H17ClN4O2. The molecule has 2 fully saturated rings. The lowest BCUT2D eigenvalue weighted by Gasteiger charge is -2.17. The van der Waals surface area contributed by atoms with E-state index in [4.69, 9.17) is 11.6 Å². The van der Waals surface area contributed by atoms with Crippen molar-refractivity contribution in [1.29, 1.82) is 0 Å². The van der Waals surface area contributed by atoms with Gasteiger partial charge in [0.15, 0.2) is 0 Å². The average Bonchev–Trinajstić information content (AvgIpc) is 3.15. The van der Waals surface area contributed by atoms with Crippen LogP contribution in [0.4, 0.5) is 5.82 Å². The minimum absolute atomic E-state index is 0.0560. The maximum Gasteiger partial charge on any atom is 0.270 e. The molecule has 1 saturated carbocycles. The molecule has 6 nitrogen and oxygen atoms in total. The highest BCUT2D eigenvalue weighted by atomic mass is 35.5. The molecule has 0 spiro atoms. The summed E-state index contributed by atoms with van der Waals surface area (Å²) >= 11 is 5.89. The van der Waals surface area contributed by atoms with Crippen molar-refractivity contribution in [3.8, 4) is 0 Å². The van der Waals surface area contributed by atoms with Crippen LogP contribution in [0.5, 0.6) is 0 Å². The predicted molar refractivity (Wildman–Crippen MR) is 74.9 cm³/mol. The summed E-state index contributed by atoms with van der Waals surface area (Å²) in [5, 5.41) is 12.5. The molecule has 1 aliphatic heterocycles. The number of aromatic nitrogens is 2. The van der Waals surface area contributed by atoms with Crippen LogP contribution in [-0.2, 0) is 0 Å². The smallest absolute Gasteiger partial charge is 0.270 e. The normalized spacial score (nSPS) is 22.1. The molecule has 0 aromatic carbocycles. The second-order valence-electron chi connectivity index (χ2n) is 5.42. The van der Waals surface area contributed by atoms with E-state index in [1.54, 1.807) is 6.07 Å². The van der Waals surface area contributed by atoms with Crippen molar-refractivity contribution in [1.82, 2.24) is 15.3 Å². The minimum atomic E-state index is -0.351. The van der Waals surface area contributed by atoms with Crippen LogP contribution in [0.25, 0.3) is 0 Å². The van der Waals surface area contributed by atoms with Crippen molar-refractivity contribution in [2.45, 2.75) is 25.4 Å². The Morgan fingerprint density at radius 3 is 2.90 bits per heavy atom. The maximum atomic E-state index is 12.0. The number of carbonyl (C=O) groups excluding carboxylic acids is 1. The van der Waals surface area contributed by atoms with E-state index in [9.17, 15) is 9.90 Å². The van der Waals surface area contributed by atoms with Gasteiger partial charge < -0.3 is 15.3 Å². The third kappa shape index (κ3) is 3.19. The number of aliphatic hydroxyl groups is 1. The van der Waals surface area contributed by atoms with Crippen LogP contribution in [-0.4, -0.2) is 46.7 Å². The second kappa shape index (κ2) is 5.54. The molecule has 1 unspecified atom stereocenters. The monoisotopic (exact) mass is 296 g/mol. The molecule has 1 aliphatic carbocycles. The van der Waals surface area contributed by atoms with E-state index in [2.05, 4.69) is 15.3 Å². The van der Waals surface area contributed by atoms with E-state index in [1.165, 1.54) is 12.8 Å². The summed E-state index contributed by atoms with van der Waals surface area (Å²) in [5.74, 6) is 0.991. The summed E-state index contributed by atoms with van der Waals surface area (Å²) < 4.78 is 0. The second-order valence-corrected chi connectivity index (χ2v) is 5.76. The van der Waals surface area contributed by atoms with Gasteiger partial charge in [-0.2, -0.15) is 0 Å². The van der Waals surface area contributed by atoms with Crippen LogP contribution in [0.1, 0.15) is 29.8 Å². The maximum absolute atomic E-state index is 12.0. The zero-order valence-electron chi connectivity index (χ0n) is 11.0. The van der Waals surface area contributed by atoms with E-state index in [-0.39, 0.29) is 23.0 Å². The Hall–Kier alpha value is -1.40. The third-order valence-electron chi connectivity index (χ3n) is 3.65. The zero-order valence-corrected chi connectivity index (χ0v) is 11.8. The molecule has 1 aromatic heterocycles. The number of β-amino-alcohol motifs (C(OH)–C–C–N with tert-alkyl or cyclic N) is 1. The van der Waals surface area contributed by atoms with Crippen LogP contribution in [0.3, 0.4) is 0 Å². The highest BCUT2D eigenvalue weighted by Crippen LogP contribution is 2.27. The quantitative estimate of drug-likeness (QED) is 0.805. The van der Waals surface area contributed by atoms with Crippen molar-refractivity contribution in [2.75, 3.05) is 24.5 Å². The number of nitrogens with one attached hydrogen (secondary N) is 1. The lowest BCUT2D eigenvalue weighted by Crippen LogP contribution is -2.28. The lowest BCUT2D eigenvalue weighted by atomic mass is 10.3. The summed E-state index contributed by atoms with van der Waals surface area (Å²) in [6.45, 7) is 1.91. The molecule has 3 rings (SSSR count). The minimum Gasteiger partial charge on any atom is -0.391 e. The molecule has 20 heavy (non-hydrogen) atoms. The molecule has 0 radical (unpaired) electrons. The fraction of sp³-hybridized carbons (Fsp3) is 0.615. The molecule has 108 valence electrons. The summed E-state index contributed by atoms with van der Waals surface area (Å²) in [6.07, 6.45) is 2.71. The number of anilines is 1. The van der Waals surface area contributed by atoms with Crippen LogP contribution < -0.4 is 10.2 Å². The molecule has 1 amide bonds. The Kier molecular flexibility index (Phi) is 3.76. The molecule has 2 N–H and O–H groups in total. The van der Waals surface area contributed by atoms with Gasteiger partial charge in [-0.1, -0.05) is 0 Å². The van der Waals surface area contributed by atoms with E-state index < -0.39 is 0 Å². The van der Waals surface area contributed by atoms with Crippen molar-refractivity contribution in [3.05, 3.63) is 17.0 Å². The molecule has 0 bridgehead atoms. The number of rotatable bonds is 4. The molecule has 1 saturated heterocycles. The molecule has 2 aliphatic rings. The summed E-state index contributed by atoms with van der Waals surface area (Å²) in [5.41, 5.74) is 0.280. The van der Waals surface area contributed by atoms with Gasteiger partial charge >= 0.3 is 0 Å². The Morgan fingerprint density at radius 2 is 2.25 bits per heavy atom. The van der Waals surface area contributed by atoms with E-state index >= 15 is 0 Å². The third-order valence-corrected chi connectivity index (χ3v) is 3.82. The summed E-state index contributed by atoms with van der Waals surface area (Å²) in [4.78, 5) is 22.1. The molecule has 1 aromatic rings. The zero-order chi connectivity index (χ0) is 14.1. The lowest BCUT2D eigenvalue weighted by molar-refractivity contribution is 0.0946. The largest absolute Gasteiger partial charge is 0.391 e. The predicted octanol–water partition coefficient (Wildman–Crippen LogP) is 0.841. The molecule has 1 atom stereocenters. The Morgan fingerprint density at radius 1 is 1.45 bits per heavy atom. The number of amides is 1. The first kappa shape index (κ1) is 13.6. The van der Waals surface area contributed by atoms with Crippen LogP contribution in [0.2, 0.25) is 5.28 Å². The fourth-order valence-electron chi connectivity index (χ4n) is 2.28. The van der Waals surface area contributed by atoms with Gasteiger partial charge in [0.1, 0.15) is 11.5 Å². The SMILES string of the molecule is O=C(NCC1CC1)c1cc(N2CCC(O)C2)nc(Cl)n1. The Balaban J connectivity index is 1.73. The number of aliphatic hydroxyl groups excluding tert-OH is 1. The number of carbonyl (C=O) groups is 1. The van der Waals surface area contributed by atoms with Gasteiger partial charge in [-0.05, 0) is 36.8 Å². The Bertz CT molecular complexity index is 521. The first-order valence-corrected chi connectivity index (χ1v) is 7.25. The standard InChI is InChI=1S/C13H17ClN4O2/c14-13-16-10(12(20)15-6-8-1-2-8)5-11(17-13)18-4-3-9(19)7-18/h5,8-9,19H,1-4,6-7H2,(H,15,20). The van der Waals surface area contributed by atoms with Crippen LogP contribution in [0, 0.1) is 5.92 Å². The first-order valence-electron chi connectivity index (χ1n) is 6.87. The van der Waals surface area contributed by atoms with Gasteiger partial charge in [-0.15, -0.1) is 0 Å². The highest BCUT2D eigenvalue weighted by Gasteiger charge is 2.25. The molecular weight excluding hydrogens is 280 g/mol. The van der Waals surface area contributed by atoms with Crippen LogP contribution in [0.15, 0.2) is 6.07 Å². The van der Waals surface area contributed by atoms with Gasteiger partial charge in [0.05, 0.1) is 6.10 Å². The number of hydrogen-bond acceptors (Lipinski definition) is 5.